The van der Waals surface area contributed by atoms with Crippen molar-refractivity contribution in [3.63, 3.8) is 0 Å². The Hall–Kier alpha value is -3.90. The Morgan fingerprint density at radius 2 is 2.21 bits per heavy atom. The fourth-order valence-corrected chi connectivity index (χ4v) is 3.86. The number of likely N-dealkylation sites (tertiary alicyclic amines) is 1. The Kier molecular flexibility index (Phi) is 6.86. The maximum Gasteiger partial charge on any atom is 0.246 e. The second kappa shape index (κ2) is 10.1. The van der Waals surface area contributed by atoms with Crippen molar-refractivity contribution in [1.82, 2.24) is 24.6 Å². The van der Waals surface area contributed by atoms with E-state index in [0.29, 0.717) is 54.6 Å². The van der Waals surface area contributed by atoms with E-state index in [-0.39, 0.29) is 11.9 Å². The molecule has 9 nitrogen and oxygen atoms in total. The molecule has 1 aromatic carbocycles. The molecule has 3 heterocycles. The van der Waals surface area contributed by atoms with Crippen molar-refractivity contribution in [3.8, 4) is 17.6 Å². The van der Waals surface area contributed by atoms with E-state index in [1.54, 1.807) is 12.0 Å². The summed E-state index contributed by atoms with van der Waals surface area (Å²) in [6, 6.07) is 7.48. The summed E-state index contributed by atoms with van der Waals surface area (Å²) >= 11 is 0. The van der Waals surface area contributed by atoms with Crippen molar-refractivity contribution < 1.29 is 14.3 Å². The van der Waals surface area contributed by atoms with Gasteiger partial charge < -0.3 is 20.1 Å². The van der Waals surface area contributed by atoms with Gasteiger partial charge in [0.25, 0.3) is 0 Å². The third-order valence-corrected chi connectivity index (χ3v) is 5.46. The van der Waals surface area contributed by atoms with Crippen LogP contribution in [0.3, 0.4) is 0 Å². The van der Waals surface area contributed by atoms with Gasteiger partial charge in [0.2, 0.25) is 5.91 Å². The third-order valence-electron chi connectivity index (χ3n) is 5.46. The smallest absolute Gasteiger partial charge is 0.246 e. The molecule has 4 rings (SSSR count). The van der Waals surface area contributed by atoms with Crippen LogP contribution in [0.1, 0.15) is 30.1 Å². The number of amides is 1. The van der Waals surface area contributed by atoms with E-state index in [1.165, 1.54) is 12.4 Å². The first-order valence-corrected chi connectivity index (χ1v) is 10.7. The number of methoxy groups -OCH3 is 1. The normalized spacial score (nSPS) is 15.7. The van der Waals surface area contributed by atoms with Crippen LogP contribution in [-0.4, -0.2) is 64.0 Å². The van der Waals surface area contributed by atoms with Crippen LogP contribution in [0.25, 0.3) is 11.0 Å². The number of fused-ring (bicyclic) bond motifs is 1. The highest BCUT2D eigenvalue weighted by molar-refractivity contribution is 5.90. The molecule has 0 spiro atoms. The lowest BCUT2D eigenvalue weighted by molar-refractivity contribution is -0.127. The Morgan fingerprint density at radius 1 is 1.33 bits per heavy atom. The fraction of sp³-hybridized carbons (Fsp3) is 0.333. The van der Waals surface area contributed by atoms with E-state index >= 15 is 0 Å². The molecule has 9 heteroatoms. The van der Waals surface area contributed by atoms with Gasteiger partial charge in [0.1, 0.15) is 30.2 Å². The molecule has 1 atom stereocenters. The first kappa shape index (κ1) is 22.3. The van der Waals surface area contributed by atoms with Gasteiger partial charge in [-0.15, -0.1) is 0 Å². The lowest BCUT2D eigenvalue weighted by atomic mass is 10.1. The molecule has 1 aliphatic heterocycles. The first-order chi connectivity index (χ1) is 16.1. The largest absolute Gasteiger partial charge is 0.491 e. The SMILES string of the molecule is C=CC(=O)N1CCC[C@@H](n2nc(C#Cc3cccc(OCCOC)c3)c3c(N)ncnc32)C1. The van der Waals surface area contributed by atoms with Gasteiger partial charge in [-0.2, -0.15) is 5.10 Å². The second-order valence-electron chi connectivity index (χ2n) is 7.65. The van der Waals surface area contributed by atoms with Gasteiger partial charge in [0.15, 0.2) is 5.65 Å². The van der Waals surface area contributed by atoms with Crippen molar-refractivity contribution >= 4 is 22.8 Å². The van der Waals surface area contributed by atoms with Crippen molar-refractivity contribution in [1.29, 1.82) is 0 Å². The van der Waals surface area contributed by atoms with Crippen LogP contribution < -0.4 is 10.5 Å². The lowest BCUT2D eigenvalue weighted by Crippen LogP contribution is -2.40. The van der Waals surface area contributed by atoms with Gasteiger partial charge in [-0.3, -0.25) is 4.79 Å². The summed E-state index contributed by atoms with van der Waals surface area (Å²) < 4.78 is 12.5. The molecular formula is C24H26N6O3. The summed E-state index contributed by atoms with van der Waals surface area (Å²) in [7, 11) is 1.63. The van der Waals surface area contributed by atoms with E-state index in [9.17, 15) is 4.79 Å². The molecule has 1 fully saturated rings. The van der Waals surface area contributed by atoms with Crippen LogP contribution in [0, 0.1) is 11.8 Å². The fourth-order valence-electron chi connectivity index (χ4n) is 3.86. The third kappa shape index (κ3) is 4.96. The highest BCUT2D eigenvalue weighted by Gasteiger charge is 2.27. The van der Waals surface area contributed by atoms with Crippen molar-refractivity contribution in [2.75, 3.05) is 39.1 Å². The van der Waals surface area contributed by atoms with Crippen LogP contribution in [0.2, 0.25) is 0 Å². The van der Waals surface area contributed by atoms with Gasteiger partial charge in [0, 0.05) is 25.8 Å². The van der Waals surface area contributed by atoms with Gasteiger partial charge in [-0.05, 0) is 43.0 Å². The Bertz CT molecular complexity index is 1230. The number of nitrogen functional groups attached to an aromatic ring is 1. The zero-order valence-electron chi connectivity index (χ0n) is 18.5. The van der Waals surface area contributed by atoms with E-state index in [1.807, 2.05) is 28.9 Å². The molecular weight excluding hydrogens is 420 g/mol. The molecule has 0 unspecified atom stereocenters. The molecule has 1 aliphatic rings. The number of rotatable bonds is 6. The summed E-state index contributed by atoms with van der Waals surface area (Å²) in [6.45, 7) is 5.79. The Balaban J connectivity index is 1.66. The lowest BCUT2D eigenvalue weighted by Gasteiger charge is -2.32. The van der Waals surface area contributed by atoms with Gasteiger partial charge >= 0.3 is 0 Å². The number of ether oxygens (including phenoxy) is 2. The van der Waals surface area contributed by atoms with E-state index in [0.717, 1.165) is 18.4 Å². The number of carbonyl (C=O) groups is 1. The molecule has 2 N–H and O–H groups in total. The minimum absolute atomic E-state index is 0.0347. The van der Waals surface area contributed by atoms with Crippen LogP contribution in [0.4, 0.5) is 5.82 Å². The summed E-state index contributed by atoms with van der Waals surface area (Å²) in [4.78, 5) is 22.5. The maximum atomic E-state index is 12.1. The molecule has 0 saturated carbocycles. The number of carbonyl (C=O) groups excluding carboxylic acids is 1. The van der Waals surface area contributed by atoms with E-state index in [2.05, 4.69) is 28.4 Å². The summed E-state index contributed by atoms with van der Waals surface area (Å²) in [5, 5.41) is 5.36. The van der Waals surface area contributed by atoms with Crippen LogP contribution in [0.15, 0.2) is 43.2 Å². The number of hydrogen-bond acceptors (Lipinski definition) is 7. The quantitative estimate of drug-likeness (QED) is 0.351. The molecule has 0 bridgehead atoms. The Labute approximate surface area is 192 Å². The summed E-state index contributed by atoms with van der Waals surface area (Å²) in [5.74, 6) is 7.21. The molecule has 0 aliphatic carbocycles. The van der Waals surface area contributed by atoms with Crippen LogP contribution in [0.5, 0.6) is 5.75 Å². The van der Waals surface area contributed by atoms with E-state index in [4.69, 9.17) is 20.3 Å². The van der Waals surface area contributed by atoms with Crippen LogP contribution >= 0.6 is 0 Å². The standard InChI is InChI=1S/C24H26N6O3/c1-3-21(31)29-11-5-7-18(15-29)30-24-22(23(25)26-16-27-24)20(28-30)10-9-17-6-4-8-19(14-17)33-13-12-32-2/h3-4,6,8,14,16,18H,1,5,7,11-13,15H2,2H3,(H2,25,26,27)/t18-/m1/s1. The zero-order chi connectivity index (χ0) is 23.2. The van der Waals surface area contributed by atoms with Crippen molar-refractivity contribution in [2.24, 2.45) is 0 Å². The topological polar surface area (TPSA) is 108 Å². The summed E-state index contributed by atoms with van der Waals surface area (Å²) in [6.07, 6.45) is 4.50. The molecule has 2 aromatic heterocycles. The van der Waals surface area contributed by atoms with Crippen LogP contribution in [-0.2, 0) is 9.53 Å². The molecule has 33 heavy (non-hydrogen) atoms. The molecule has 1 amide bonds. The number of hydrogen-bond donors (Lipinski definition) is 1. The van der Waals surface area contributed by atoms with Gasteiger partial charge in [-0.1, -0.05) is 18.6 Å². The van der Waals surface area contributed by atoms with E-state index < -0.39 is 0 Å². The number of nitrogens with two attached hydrogens (primary N) is 1. The highest BCUT2D eigenvalue weighted by atomic mass is 16.5. The number of nitrogens with zero attached hydrogens (tertiary/aromatic N) is 5. The average molecular weight is 447 g/mol. The maximum absolute atomic E-state index is 12.1. The molecule has 170 valence electrons. The first-order valence-electron chi connectivity index (χ1n) is 10.7. The zero-order valence-corrected chi connectivity index (χ0v) is 18.5. The Morgan fingerprint density at radius 3 is 3.03 bits per heavy atom. The molecule has 3 aromatic rings. The minimum atomic E-state index is -0.0853. The highest BCUT2D eigenvalue weighted by Crippen LogP contribution is 2.28. The number of anilines is 1. The number of benzene rings is 1. The summed E-state index contributed by atoms with van der Waals surface area (Å²) in [5.41, 5.74) is 8.07. The van der Waals surface area contributed by atoms with Crippen molar-refractivity contribution in [3.05, 3.63) is 54.5 Å². The average Bonchev–Trinajstić information content (AvgIpc) is 3.23. The van der Waals surface area contributed by atoms with Gasteiger partial charge in [0.05, 0.1) is 18.0 Å². The molecule has 0 radical (unpaired) electrons. The monoisotopic (exact) mass is 446 g/mol. The number of piperidine rings is 1. The van der Waals surface area contributed by atoms with Gasteiger partial charge in [-0.25, -0.2) is 14.6 Å². The van der Waals surface area contributed by atoms with Crippen molar-refractivity contribution in [2.45, 2.75) is 18.9 Å². The predicted molar refractivity (Wildman–Crippen MR) is 125 cm³/mol. The predicted octanol–water partition coefficient (Wildman–Crippen LogP) is 2.18. The number of aromatic nitrogens is 4. The minimum Gasteiger partial charge on any atom is -0.491 e. The molecule has 1 saturated heterocycles. The second-order valence-corrected chi connectivity index (χ2v) is 7.65.